The second-order valence-electron chi connectivity index (χ2n) is 5.87. The van der Waals surface area contributed by atoms with Crippen LogP contribution in [0.5, 0.6) is 0 Å². The molecule has 1 heteroatoms. The lowest BCUT2D eigenvalue weighted by molar-refractivity contribution is 0.705. The van der Waals surface area contributed by atoms with E-state index in [4.69, 9.17) is 0 Å². The number of fused-ring (bicyclic) bond motifs is 8. The van der Waals surface area contributed by atoms with Crippen molar-refractivity contribution in [1.82, 2.24) is 4.98 Å². The zero-order valence-electron chi connectivity index (χ0n) is 11.6. The SMILES string of the molecule is C1=C[C@@H]2c3[nH]c4ccccc4c3-c3ccccc3[C@@H]2C=C1. The van der Waals surface area contributed by atoms with Crippen molar-refractivity contribution >= 4 is 10.9 Å². The molecule has 2 atom stereocenters. The van der Waals surface area contributed by atoms with Gasteiger partial charge in [-0.1, -0.05) is 66.8 Å². The lowest BCUT2D eigenvalue weighted by atomic mass is 9.72. The number of nitrogens with one attached hydrogen (secondary N) is 1. The van der Waals surface area contributed by atoms with Crippen molar-refractivity contribution in [3.8, 4) is 11.1 Å². The predicted octanol–water partition coefficient (Wildman–Crippen LogP) is 5.14. The van der Waals surface area contributed by atoms with E-state index in [9.17, 15) is 0 Å². The highest BCUT2D eigenvalue weighted by atomic mass is 14.7. The smallest absolute Gasteiger partial charge is 0.0462 e. The Bertz CT molecular complexity index is 910. The first kappa shape index (κ1) is 11.2. The Balaban J connectivity index is 1.93. The van der Waals surface area contributed by atoms with Crippen LogP contribution in [0.25, 0.3) is 22.0 Å². The third-order valence-electron chi connectivity index (χ3n) is 4.79. The topological polar surface area (TPSA) is 15.8 Å². The van der Waals surface area contributed by atoms with Crippen LogP contribution in [0.3, 0.4) is 0 Å². The first-order valence-corrected chi connectivity index (χ1v) is 7.48. The van der Waals surface area contributed by atoms with Gasteiger partial charge in [-0.25, -0.2) is 0 Å². The van der Waals surface area contributed by atoms with Crippen LogP contribution in [0, 0.1) is 0 Å². The number of aromatic nitrogens is 1. The van der Waals surface area contributed by atoms with Gasteiger partial charge in [-0.3, -0.25) is 0 Å². The zero-order valence-corrected chi connectivity index (χ0v) is 11.6. The highest BCUT2D eigenvalue weighted by Crippen LogP contribution is 2.51. The minimum Gasteiger partial charge on any atom is -0.357 e. The number of hydrogen-bond donors (Lipinski definition) is 1. The number of rotatable bonds is 0. The van der Waals surface area contributed by atoms with Crippen LogP contribution in [0.2, 0.25) is 0 Å². The number of benzene rings is 2. The highest BCUT2D eigenvalue weighted by Gasteiger charge is 2.33. The van der Waals surface area contributed by atoms with Crippen LogP contribution in [-0.4, -0.2) is 4.98 Å². The minimum absolute atomic E-state index is 0.423. The van der Waals surface area contributed by atoms with Gasteiger partial charge in [0.15, 0.2) is 0 Å². The molecule has 0 saturated heterocycles. The molecule has 5 rings (SSSR count). The van der Waals surface area contributed by atoms with Gasteiger partial charge < -0.3 is 4.98 Å². The van der Waals surface area contributed by atoms with E-state index in [1.807, 2.05) is 0 Å². The predicted molar refractivity (Wildman–Crippen MR) is 87.5 cm³/mol. The molecule has 0 aliphatic heterocycles. The Labute approximate surface area is 123 Å². The van der Waals surface area contributed by atoms with Crippen molar-refractivity contribution in [2.24, 2.45) is 0 Å². The lowest BCUT2D eigenvalue weighted by Crippen LogP contribution is -2.16. The van der Waals surface area contributed by atoms with Crippen molar-refractivity contribution in [3.05, 3.63) is 84.1 Å². The monoisotopic (exact) mass is 269 g/mol. The van der Waals surface area contributed by atoms with E-state index in [1.54, 1.807) is 0 Å². The summed E-state index contributed by atoms with van der Waals surface area (Å²) in [6, 6.07) is 17.5. The van der Waals surface area contributed by atoms with Gasteiger partial charge >= 0.3 is 0 Å². The molecule has 2 aliphatic carbocycles. The van der Waals surface area contributed by atoms with E-state index in [0.29, 0.717) is 11.8 Å². The van der Waals surface area contributed by atoms with Gasteiger partial charge in [-0.2, -0.15) is 0 Å². The van der Waals surface area contributed by atoms with Crippen LogP contribution in [0.15, 0.2) is 72.8 Å². The van der Waals surface area contributed by atoms with Crippen LogP contribution >= 0.6 is 0 Å². The first-order valence-electron chi connectivity index (χ1n) is 7.48. The second kappa shape index (κ2) is 3.98. The zero-order chi connectivity index (χ0) is 13.8. The highest BCUT2D eigenvalue weighted by molar-refractivity contribution is 6.00. The fourth-order valence-electron chi connectivity index (χ4n) is 3.90. The average molecular weight is 269 g/mol. The standard InChI is InChI=1S/C20H15N/c1-3-9-15-13(7-1)14-8-2-4-10-16(14)20-19(15)17-11-5-6-12-18(17)21-20/h1-12,14,16,21H/t14-,16-/m0/s1. The molecule has 1 heterocycles. The first-order chi connectivity index (χ1) is 10.4. The summed E-state index contributed by atoms with van der Waals surface area (Å²) in [6.45, 7) is 0. The molecule has 0 radical (unpaired) electrons. The molecule has 21 heavy (non-hydrogen) atoms. The Morgan fingerprint density at radius 2 is 1.52 bits per heavy atom. The summed E-state index contributed by atoms with van der Waals surface area (Å²) >= 11 is 0. The molecular formula is C20H15N. The third kappa shape index (κ3) is 1.41. The van der Waals surface area contributed by atoms with Crippen molar-refractivity contribution in [2.75, 3.05) is 0 Å². The molecule has 0 spiro atoms. The molecule has 0 fully saturated rings. The van der Waals surface area contributed by atoms with Gasteiger partial charge in [0.2, 0.25) is 0 Å². The van der Waals surface area contributed by atoms with Crippen LogP contribution < -0.4 is 0 Å². The summed E-state index contributed by atoms with van der Waals surface area (Å²) in [7, 11) is 0. The molecule has 1 N–H and O–H groups in total. The van der Waals surface area contributed by atoms with Gasteiger partial charge in [0.25, 0.3) is 0 Å². The number of aromatic amines is 1. The normalized spacial score (nSPS) is 21.9. The van der Waals surface area contributed by atoms with E-state index >= 15 is 0 Å². The third-order valence-corrected chi connectivity index (χ3v) is 4.79. The van der Waals surface area contributed by atoms with E-state index in [2.05, 4.69) is 77.8 Å². The second-order valence-corrected chi connectivity index (χ2v) is 5.87. The lowest BCUT2D eigenvalue weighted by Gasteiger charge is -2.31. The maximum atomic E-state index is 3.67. The number of allylic oxidation sites excluding steroid dienone is 4. The van der Waals surface area contributed by atoms with Gasteiger partial charge in [-0.15, -0.1) is 0 Å². The molecule has 1 aromatic heterocycles. The van der Waals surface area contributed by atoms with Crippen LogP contribution in [0.4, 0.5) is 0 Å². The summed E-state index contributed by atoms with van der Waals surface area (Å²) in [5.41, 5.74) is 6.82. The molecule has 0 saturated carbocycles. The van der Waals surface area contributed by atoms with E-state index in [0.717, 1.165) is 0 Å². The van der Waals surface area contributed by atoms with E-state index in [-0.39, 0.29) is 0 Å². The van der Waals surface area contributed by atoms with Gasteiger partial charge in [-0.05, 0) is 17.2 Å². The van der Waals surface area contributed by atoms with Gasteiger partial charge in [0, 0.05) is 34.0 Å². The van der Waals surface area contributed by atoms with Gasteiger partial charge in [0.05, 0.1) is 0 Å². The maximum absolute atomic E-state index is 3.67. The fourth-order valence-corrected chi connectivity index (χ4v) is 3.90. The van der Waals surface area contributed by atoms with Crippen molar-refractivity contribution in [1.29, 1.82) is 0 Å². The molecule has 3 aromatic rings. The minimum atomic E-state index is 0.423. The van der Waals surface area contributed by atoms with Crippen LogP contribution in [0.1, 0.15) is 23.1 Å². The molecule has 0 bridgehead atoms. The number of hydrogen-bond acceptors (Lipinski definition) is 0. The Kier molecular flexibility index (Phi) is 2.12. The molecular weight excluding hydrogens is 254 g/mol. The Hall–Kier alpha value is -2.54. The molecule has 2 aliphatic rings. The summed E-state index contributed by atoms with van der Waals surface area (Å²) in [6.07, 6.45) is 9.00. The maximum Gasteiger partial charge on any atom is 0.0462 e. The summed E-state index contributed by atoms with van der Waals surface area (Å²) < 4.78 is 0. The van der Waals surface area contributed by atoms with E-state index in [1.165, 1.54) is 33.3 Å². The quantitative estimate of drug-likeness (QED) is 0.581. The number of para-hydroxylation sites is 1. The molecule has 0 amide bonds. The molecule has 0 unspecified atom stereocenters. The fraction of sp³-hybridized carbons (Fsp3) is 0.100. The van der Waals surface area contributed by atoms with Crippen molar-refractivity contribution in [2.45, 2.75) is 11.8 Å². The van der Waals surface area contributed by atoms with Crippen molar-refractivity contribution < 1.29 is 0 Å². The van der Waals surface area contributed by atoms with Gasteiger partial charge in [0.1, 0.15) is 0 Å². The largest absolute Gasteiger partial charge is 0.357 e. The average Bonchev–Trinajstić information content (AvgIpc) is 2.95. The molecule has 100 valence electrons. The summed E-state index contributed by atoms with van der Waals surface area (Å²) in [4.78, 5) is 3.67. The van der Waals surface area contributed by atoms with Crippen LogP contribution in [-0.2, 0) is 0 Å². The Morgan fingerprint density at radius 1 is 0.762 bits per heavy atom. The molecule has 1 nitrogen and oxygen atoms in total. The number of H-pyrrole nitrogens is 1. The van der Waals surface area contributed by atoms with Crippen molar-refractivity contribution in [3.63, 3.8) is 0 Å². The van der Waals surface area contributed by atoms with E-state index < -0.39 is 0 Å². The Morgan fingerprint density at radius 3 is 2.48 bits per heavy atom. The summed E-state index contributed by atoms with van der Waals surface area (Å²) in [5.74, 6) is 0.874. The molecule has 2 aromatic carbocycles. The summed E-state index contributed by atoms with van der Waals surface area (Å²) in [5, 5.41) is 1.33.